The summed E-state index contributed by atoms with van der Waals surface area (Å²) in [5.74, 6) is 0. The summed E-state index contributed by atoms with van der Waals surface area (Å²) in [6.45, 7) is 2.93. The molecule has 0 spiro atoms. The van der Waals surface area contributed by atoms with Gasteiger partial charge < -0.3 is 14.5 Å². The second-order valence-corrected chi connectivity index (χ2v) is 3.48. The van der Waals surface area contributed by atoms with E-state index < -0.39 is 7.82 Å². The van der Waals surface area contributed by atoms with Gasteiger partial charge in [-0.05, 0) is 6.42 Å². The van der Waals surface area contributed by atoms with Gasteiger partial charge in [0.25, 0.3) is 0 Å². The van der Waals surface area contributed by atoms with Crippen LogP contribution in [0.25, 0.3) is 0 Å². The number of unbranched alkanes of at least 4 members (excludes halogenated alkanes) is 1. The SMILES string of the molecule is CCCCOCCOOP(=O)(O)O. The van der Waals surface area contributed by atoms with E-state index in [1.54, 1.807) is 0 Å². The molecule has 0 aromatic rings. The lowest BCUT2D eigenvalue weighted by atomic mass is 10.4. The van der Waals surface area contributed by atoms with Gasteiger partial charge in [0.2, 0.25) is 0 Å². The molecule has 0 rings (SSSR count). The lowest BCUT2D eigenvalue weighted by Gasteiger charge is -2.04. The molecule has 0 aliphatic carbocycles. The Kier molecular flexibility index (Phi) is 7.45. The first kappa shape index (κ1) is 13.0. The van der Waals surface area contributed by atoms with E-state index in [-0.39, 0.29) is 13.2 Å². The van der Waals surface area contributed by atoms with E-state index in [0.29, 0.717) is 6.61 Å². The van der Waals surface area contributed by atoms with Crippen molar-refractivity contribution in [3.05, 3.63) is 0 Å². The van der Waals surface area contributed by atoms with E-state index in [2.05, 4.69) is 9.56 Å². The van der Waals surface area contributed by atoms with Gasteiger partial charge in [0.1, 0.15) is 6.61 Å². The molecule has 0 amide bonds. The van der Waals surface area contributed by atoms with Gasteiger partial charge in [0.05, 0.1) is 6.61 Å². The van der Waals surface area contributed by atoms with E-state index in [4.69, 9.17) is 14.5 Å². The minimum atomic E-state index is -4.50. The highest BCUT2D eigenvalue weighted by Crippen LogP contribution is 2.35. The van der Waals surface area contributed by atoms with Gasteiger partial charge >= 0.3 is 7.82 Å². The van der Waals surface area contributed by atoms with Crippen molar-refractivity contribution in [3.8, 4) is 0 Å². The zero-order chi connectivity index (χ0) is 10.2. The third-order valence-electron chi connectivity index (χ3n) is 1.10. The molecule has 0 aliphatic rings. The molecule has 0 saturated heterocycles. The molecular formula is C6H15O6P. The molecule has 0 bridgehead atoms. The third-order valence-corrected chi connectivity index (χ3v) is 1.40. The largest absolute Gasteiger partial charge is 0.496 e. The predicted molar refractivity (Wildman–Crippen MR) is 44.8 cm³/mol. The Hall–Kier alpha value is 0.0300. The molecule has 0 atom stereocenters. The van der Waals surface area contributed by atoms with Gasteiger partial charge in [-0.2, -0.15) is 0 Å². The molecule has 0 aliphatic heterocycles. The Morgan fingerprint density at radius 1 is 1.23 bits per heavy atom. The van der Waals surface area contributed by atoms with Crippen LogP contribution in [0.1, 0.15) is 19.8 Å². The third kappa shape index (κ3) is 12.0. The van der Waals surface area contributed by atoms with Crippen LogP contribution in [0.2, 0.25) is 0 Å². The van der Waals surface area contributed by atoms with Crippen molar-refractivity contribution in [1.29, 1.82) is 0 Å². The summed E-state index contributed by atoms with van der Waals surface area (Å²) in [5, 5.41) is 0. The van der Waals surface area contributed by atoms with Crippen LogP contribution >= 0.6 is 7.82 Å². The lowest BCUT2D eigenvalue weighted by molar-refractivity contribution is -0.229. The van der Waals surface area contributed by atoms with E-state index in [1.165, 1.54) is 0 Å². The van der Waals surface area contributed by atoms with E-state index in [0.717, 1.165) is 12.8 Å². The molecule has 0 saturated carbocycles. The Morgan fingerprint density at radius 3 is 2.46 bits per heavy atom. The van der Waals surface area contributed by atoms with Crippen molar-refractivity contribution in [2.75, 3.05) is 19.8 Å². The summed E-state index contributed by atoms with van der Waals surface area (Å²) >= 11 is 0. The quantitative estimate of drug-likeness (QED) is 0.269. The fraction of sp³-hybridized carbons (Fsp3) is 1.00. The minimum Gasteiger partial charge on any atom is -0.379 e. The Labute approximate surface area is 77.0 Å². The van der Waals surface area contributed by atoms with Gasteiger partial charge in [-0.15, -0.1) is 4.67 Å². The molecule has 13 heavy (non-hydrogen) atoms. The molecule has 0 heterocycles. The molecule has 0 unspecified atom stereocenters. The fourth-order valence-corrected chi connectivity index (χ4v) is 0.759. The first-order valence-electron chi connectivity index (χ1n) is 4.00. The Bertz CT molecular complexity index is 155. The van der Waals surface area contributed by atoms with Crippen molar-refractivity contribution >= 4 is 7.82 Å². The summed E-state index contributed by atoms with van der Waals surface area (Å²) in [6.07, 6.45) is 2.00. The molecule has 80 valence electrons. The molecule has 0 radical (unpaired) electrons. The maximum absolute atomic E-state index is 10.1. The summed E-state index contributed by atoms with van der Waals surface area (Å²) < 4.78 is 18.8. The van der Waals surface area contributed by atoms with Crippen molar-refractivity contribution in [3.63, 3.8) is 0 Å². The van der Waals surface area contributed by atoms with Gasteiger partial charge in [0.15, 0.2) is 0 Å². The number of hydrogen-bond donors (Lipinski definition) is 2. The number of rotatable bonds is 8. The Morgan fingerprint density at radius 2 is 1.92 bits per heavy atom. The highest BCUT2D eigenvalue weighted by atomic mass is 31.2. The summed E-state index contributed by atoms with van der Waals surface area (Å²) in [5.41, 5.74) is 0. The monoisotopic (exact) mass is 214 g/mol. The molecule has 0 aromatic heterocycles. The van der Waals surface area contributed by atoms with Crippen LogP contribution in [0.4, 0.5) is 0 Å². The van der Waals surface area contributed by atoms with Crippen molar-refractivity contribution < 1.29 is 28.7 Å². The average molecular weight is 214 g/mol. The zero-order valence-electron chi connectivity index (χ0n) is 7.51. The summed E-state index contributed by atoms with van der Waals surface area (Å²) in [7, 11) is -4.50. The second-order valence-electron chi connectivity index (χ2n) is 2.35. The highest BCUT2D eigenvalue weighted by molar-refractivity contribution is 7.46. The molecule has 6 nitrogen and oxygen atoms in total. The second kappa shape index (κ2) is 7.44. The Balaban J connectivity index is 3.04. The predicted octanol–water partition coefficient (Wildman–Crippen LogP) is 0.844. The van der Waals surface area contributed by atoms with Gasteiger partial charge in [-0.1, -0.05) is 13.3 Å². The summed E-state index contributed by atoms with van der Waals surface area (Å²) in [6, 6.07) is 0. The molecule has 0 fully saturated rings. The van der Waals surface area contributed by atoms with Crippen molar-refractivity contribution in [1.82, 2.24) is 0 Å². The standard InChI is InChI=1S/C6H15O6P/c1-2-3-4-10-5-6-11-12-13(7,8)9/h2-6H2,1H3,(H2,7,8,9). The average Bonchev–Trinajstić information content (AvgIpc) is 2.01. The normalized spacial score (nSPS) is 11.9. The smallest absolute Gasteiger partial charge is 0.379 e. The molecular weight excluding hydrogens is 199 g/mol. The molecule has 2 N–H and O–H groups in total. The lowest BCUT2D eigenvalue weighted by Crippen LogP contribution is -2.04. The number of phosphoric acid groups is 1. The van der Waals surface area contributed by atoms with Crippen LogP contribution in [-0.4, -0.2) is 29.6 Å². The van der Waals surface area contributed by atoms with Crippen LogP contribution in [0.15, 0.2) is 0 Å². The maximum atomic E-state index is 10.1. The topological polar surface area (TPSA) is 85.2 Å². The van der Waals surface area contributed by atoms with Crippen LogP contribution in [-0.2, 0) is 18.9 Å². The van der Waals surface area contributed by atoms with Crippen LogP contribution in [0.5, 0.6) is 0 Å². The maximum Gasteiger partial charge on any atom is 0.496 e. The highest BCUT2D eigenvalue weighted by Gasteiger charge is 2.14. The van der Waals surface area contributed by atoms with Gasteiger partial charge in [0, 0.05) is 6.61 Å². The first-order valence-corrected chi connectivity index (χ1v) is 5.54. The summed E-state index contributed by atoms with van der Waals surface area (Å²) in [4.78, 5) is 20.6. The molecule has 0 aromatic carbocycles. The van der Waals surface area contributed by atoms with Gasteiger partial charge in [-0.3, -0.25) is 0 Å². The first-order chi connectivity index (χ1) is 6.06. The minimum absolute atomic E-state index is 0.00875. The number of ether oxygens (including phenoxy) is 1. The van der Waals surface area contributed by atoms with Crippen molar-refractivity contribution in [2.45, 2.75) is 19.8 Å². The van der Waals surface area contributed by atoms with Crippen molar-refractivity contribution in [2.24, 2.45) is 0 Å². The fourth-order valence-electron chi connectivity index (χ4n) is 0.547. The number of hydrogen-bond acceptors (Lipinski definition) is 4. The van der Waals surface area contributed by atoms with Gasteiger partial charge in [-0.25, -0.2) is 9.45 Å². The van der Waals surface area contributed by atoms with Crippen LogP contribution < -0.4 is 0 Å². The van der Waals surface area contributed by atoms with E-state index >= 15 is 0 Å². The zero-order valence-corrected chi connectivity index (χ0v) is 8.40. The molecule has 7 heteroatoms. The van der Waals surface area contributed by atoms with Crippen LogP contribution in [0.3, 0.4) is 0 Å². The van der Waals surface area contributed by atoms with Crippen LogP contribution in [0, 0.1) is 0 Å². The van der Waals surface area contributed by atoms with E-state index in [9.17, 15) is 4.57 Å². The van der Waals surface area contributed by atoms with E-state index in [1.807, 2.05) is 6.92 Å².